The Balaban J connectivity index is 1.84. The Labute approximate surface area is 112 Å². The van der Waals surface area contributed by atoms with Crippen LogP contribution in [0, 0.1) is 0 Å². The molecule has 1 saturated heterocycles. The van der Waals surface area contributed by atoms with E-state index >= 15 is 0 Å². The Morgan fingerprint density at radius 1 is 1.21 bits per heavy atom. The van der Waals surface area contributed by atoms with Crippen LogP contribution in [0.5, 0.6) is 0 Å². The van der Waals surface area contributed by atoms with Gasteiger partial charge in [-0.15, -0.1) is 0 Å². The maximum absolute atomic E-state index is 12.5. The highest BCUT2D eigenvalue weighted by molar-refractivity contribution is 4.93. The molecule has 0 aromatic heterocycles. The number of rotatable bonds is 5. The maximum Gasteiger partial charge on any atom is 0.401 e. The van der Waals surface area contributed by atoms with E-state index in [4.69, 9.17) is 10.5 Å². The van der Waals surface area contributed by atoms with Crippen LogP contribution in [0.15, 0.2) is 0 Å². The van der Waals surface area contributed by atoms with Gasteiger partial charge in [-0.3, -0.25) is 4.90 Å². The van der Waals surface area contributed by atoms with Crippen LogP contribution in [0.2, 0.25) is 0 Å². The summed E-state index contributed by atoms with van der Waals surface area (Å²) < 4.78 is 43.5. The van der Waals surface area contributed by atoms with Crippen molar-refractivity contribution in [3.05, 3.63) is 0 Å². The lowest BCUT2D eigenvalue weighted by molar-refractivity contribution is -0.150. The number of nitrogens with zero attached hydrogens (tertiary/aromatic N) is 1. The van der Waals surface area contributed by atoms with Crippen LogP contribution in [0.1, 0.15) is 38.5 Å². The van der Waals surface area contributed by atoms with Crippen LogP contribution in [-0.4, -0.2) is 49.0 Å². The summed E-state index contributed by atoms with van der Waals surface area (Å²) in [4.78, 5) is 1.37. The van der Waals surface area contributed by atoms with E-state index < -0.39 is 12.7 Å². The van der Waals surface area contributed by atoms with Crippen molar-refractivity contribution >= 4 is 0 Å². The zero-order chi connectivity index (χ0) is 13.9. The van der Waals surface area contributed by atoms with Crippen molar-refractivity contribution in [1.29, 1.82) is 0 Å². The van der Waals surface area contributed by atoms with E-state index in [1.807, 2.05) is 0 Å². The highest BCUT2D eigenvalue weighted by atomic mass is 19.4. The maximum atomic E-state index is 12.5. The average Bonchev–Trinajstić information content (AvgIpc) is 2.88. The molecule has 2 fully saturated rings. The molecule has 1 aliphatic heterocycles. The molecule has 6 heteroatoms. The van der Waals surface area contributed by atoms with Crippen molar-refractivity contribution in [3.8, 4) is 0 Å². The third-order valence-electron chi connectivity index (χ3n) is 4.16. The molecule has 2 rings (SSSR count). The lowest BCUT2D eigenvalue weighted by Gasteiger charge is -2.28. The van der Waals surface area contributed by atoms with Crippen LogP contribution in [-0.2, 0) is 4.74 Å². The first-order valence-electron chi connectivity index (χ1n) is 7.09. The van der Waals surface area contributed by atoms with Crippen LogP contribution < -0.4 is 5.73 Å². The van der Waals surface area contributed by atoms with Crippen LogP contribution in [0.4, 0.5) is 13.2 Å². The van der Waals surface area contributed by atoms with Crippen LogP contribution >= 0.6 is 0 Å². The molecule has 1 heterocycles. The van der Waals surface area contributed by atoms with Crippen molar-refractivity contribution in [2.24, 2.45) is 5.73 Å². The van der Waals surface area contributed by atoms with E-state index in [-0.39, 0.29) is 24.8 Å². The van der Waals surface area contributed by atoms with Gasteiger partial charge in [-0.25, -0.2) is 0 Å². The second kappa shape index (κ2) is 5.97. The quantitative estimate of drug-likeness (QED) is 0.840. The molecule has 2 N–H and O–H groups in total. The Hall–Kier alpha value is -0.330. The van der Waals surface area contributed by atoms with Gasteiger partial charge in [0.1, 0.15) is 0 Å². The summed E-state index contributed by atoms with van der Waals surface area (Å²) in [6.45, 7) is -0.0319. The molecular weight excluding hydrogens is 257 g/mol. The van der Waals surface area contributed by atoms with Gasteiger partial charge in [0, 0.05) is 19.6 Å². The third kappa shape index (κ3) is 4.33. The standard InChI is InChI=1S/C13H23F3N2O/c14-13(15,16)10-18(8-7-17)9-11-3-6-12(19-11)4-1-2-5-12/h11H,1-10,17H2. The van der Waals surface area contributed by atoms with E-state index in [0.29, 0.717) is 6.54 Å². The van der Waals surface area contributed by atoms with Gasteiger partial charge >= 0.3 is 6.18 Å². The van der Waals surface area contributed by atoms with E-state index in [0.717, 1.165) is 25.7 Å². The molecule has 19 heavy (non-hydrogen) atoms. The van der Waals surface area contributed by atoms with Gasteiger partial charge in [-0.05, 0) is 25.7 Å². The average molecular weight is 280 g/mol. The molecule has 1 saturated carbocycles. The van der Waals surface area contributed by atoms with Gasteiger partial charge in [-0.2, -0.15) is 13.2 Å². The first-order valence-corrected chi connectivity index (χ1v) is 7.09. The predicted octanol–water partition coefficient (Wildman–Crippen LogP) is 2.30. The largest absolute Gasteiger partial charge is 0.401 e. The molecule has 3 nitrogen and oxygen atoms in total. The molecule has 1 aliphatic carbocycles. The Bertz CT molecular complexity index is 290. The lowest BCUT2D eigenvalue weighted by Crippen LogP contribution is -2.42. The minimum Gasteiger partial charge on any atom is -0.370 e. The first kappa shape index (κ1) is 15.1. The molecule has 112 valence electrons. The highest BCUT2D eigenvalue weighted by Crippen LogP contribution is 2.43. The minimum absolute atomic E-state index is 0.0166. The molecule has 0 aromatic rings. The van der Waals surface area contributed by atoms with Crippen molar-refractivity contribution in [1.82, 2.24) is 4.90 Å². The number of hydrogen-bond donors (Lipinski definition) is 1. The van der Waals surface area contributed by atoms with Gasteiger partial charge < -0.3 is 10.5 Å². The van der Waals surface area contributed by atoms with Gasteiger partial charge in [0.15, 0.2) is 0 Å². The number of nitrogens with two attached hydrogens (primary N) is 1. The fraction of sp³-hybridized carbons (Fsp3) is 1.00. The van der Waals surface area contributed by atoms with E-state index in [1.165, 1.54) is 17.7 Å². The van der Waals surface area contributed by atoms with Crippen LogP contribution in [0.25, 0.3) is 0 Å². The number of hydrogen-bond acceptors (Lipinski definition) is 3. The zero-order valence-electron chi connectivity index (χ0n) is 11.2. The van der Waals surface area contributed by atoms with Gasteiger partial charge in [0.05, 0.1) is 18.2 Å². The molecule has 2 aliphatic rings. The van der Waals surface area contributed by atoms with E-state index in [1.54, 1.807) is 0 Å². The Morgan fingerprint density at radius 3 is 2.47 bits per heavy atom. The number of ether oxygens (including phenoxy) is 1. The predicted molar refractivity (Wildman–Crippen MR) is 66.9 cm³/mol. The summed E-state index contributed by atoms with van der Waals surface area (Å²) in [6.07, 6.45) is 2.15. The molecule has 0 bridgehead atoms. The summed E-state index contributed by atoms with van der Waals surface area (Å²) in [5.74, 6) is 0. The van der Waals surface area contributed by atoms with Crippen molar-refractivity contribution in [3.63, 3.8) is 0 Å². The van der Waals surface area contributed by atoms with E-state index in [2.05, 4.69) is 0 Å². The van der Waals surface area contributed by atoms with Crippen molar-refractivity contribution < 1.29 is 17.9 Å². The minimum atomic E-state index is -4.17. The lowest BCUT2D eigenvalue weighted by atomic mass is 9.98. The van der Waals surface area contributed by atoms with Gasteiger partial charge in [0.2, 0.25) is 0 Å². The molecule has 1 unspecified atom stereocenters. The van der Waals surface area contributed by atoms with Crippen molar-refractivity contribution in [2.75, 3.05) is 26.2 Å². The van der Waals surface area contributed by atoms with Gasteiger partial charge in [-0.1, -0.05) is 12.8 Å². The Kier molecular flexibility index (Phi) is 4.74. The molecule has 0 amide bonds. The highest BCUT2D eigenvalue weighted by Gasteiger charge is 2.43. The topological polar surface area (TPSA) is 38.5 Å². The summed E-state index contributed by atoms with van der Waals surface area (Å²) in [7, 11) is 0. The summed E-state index contributed by atoms with van der Waals surface area (Å²) in [6, 6.07) is 0. The molecular formula is C13H23F3N2O. The number of halogens is 3. The smallest absolute Gasteiger partial charge is 0.370 e. The molecule has 0 radical (unpaired) electrons. The van der Waals surface area contributed by atoms with Crippen molar-refractivity contribution in [2.45, 2.75) is 56.4 Å². The summed E-state index contributed by atoms with van der Waals surface area (Å²) in [5.41, 5.74) is 5.37. The Morgan fingerprint density at radius 2 is 1.89 bits per heavy atom. The van der Waals surface area contributed by atoms with Gasteiger partial charge in [0.25, 0.3) is 0 Å². The van der Waals surface area contributed by atoms with Crippen LogP contribution in [0.3, 0.4) is 0 Å². The second-order valence-corrected chi connectivity index (χ2v) is 5.81. The molecule has 1 atom stereocenters. The zero-order valence-corrected chi connectivity index (χ0v) is 11.2. The number of alkyl halides is 3. The molecule has 0 aromatic carbocycles. The third-order valence-corrected chi connectivity index (χ3v) is 4.16. The second-order valence-electron chi connectivity index (χ2n) is 5.81. The summed E-state index contributed by atoms with van der Waals surface area (Å²) in [5, 5.41) is 0. The first-order chi connectivity index (χ1) is 8.92. The SMILES string of the molecule is NCCN(CC1CCC2(CCCC2)O1)CC(F)(F)F. The normalized spacial score (nSPS) is 26.7. The molecule has 1 spiro atoms. The fourth-order valence-electron chi connectivity index (χ4n) is 3.37. The summed E-state index contributed by atoms with van der Waals surface area (Å²) >= 11 is 0. The monoisotopic (exact) mass is 280 g/mol. The fourth-order valence-corrected chi connectivity index (χ4v) is 3.37. The van der Waals surface area contributed by atoms with E-state index in [9.17, 15) is 13.2 Å².